The van der Waals surface area contributed by atoms with Crippen LogP contribution in [0.5, 0.6) is 0 Å². The summed E-state index contributed by atoms with van der Waals surface area (Å²) in [5.41, 5.74) is 3.57. The van der Waals surface area contributed by atoms with Crippen LogP contribution in [-0.2, 0) is 16.0 Å². The number of nitrogens with one attached hydrogen (secondary N) is 1. The van der Waals surface area contributed by atoms with E-state index < -0.39 is 30.9 Å². The summed E-state index contributed by atoms with van der Waals surface area (Å²) in [6.07, 6.45) is 1.40. The van der Waals surface area contributed by atoms with Crippen molar-refractivity contribution in [2.24, 2.45) is 0 Å². The lowest BCUT2D eigenvalue weighted by atomic mass is 9.75. The highest BCUT2D eigenvalue weighted by molar-refractivity contribution is 6.43. The number of para-hydroxylation sites is 1. The van der Waals surface area contributed by atoms with Crippen LogP contribution in [0.15, 0.2) is 61.2 Å². The number of amides is 2. The molecule has 0 fully saturated rings. The molecule has 0 aliphatic heterocycles. The van der Waals surface area contributed by atoms with Crippen molar-refractivity contribution in [1.29, 1.82) is 0 Å². The smallest absolute Gasteiger partial charge is 0.426 e. The van der Waals surface area contributed by atoms with Crippen molar-refractivity contribution in [1.82, 2.24) is 5.32 Å². The topological polar surface area (TPSA) is 89.9 Å². The van der Waals surface area contributed by atoms with Gasteiger partial charge in [0.2, 0.25) is 5.91 Å². The zero-order valence-electron chi connectivity index (χ0n) is 17.0. The lowest BCUT2D eigenvalue weighted by Gasteiger charge is -2.29. The summed E-state index contributed by atoms with van der Waals surface area (Å²) < 4.78 is 0. The molecule has 2 aromatic rings. The summed E-state index contributed by atoms with van der Waals surface area (Å²) >= 11 is 0. The first-order valence-electron chi connectivity index (χ1n) is 9.48. The Morgan fingerprint density at radius 1 is 1.17 bits per heavy atom. The van der Waals surface area contributed by atoms with Crippen LogP contribution in [0.4, 0.5) is 5.69 Å². The van der Waals surface area contributed by atoms with Crippen molar-refractivity contribution in [3.63, 3.8) is 0 Å². The molecule has 2 atom stereocenters. The third-order valence-electron chi connectivity index (χ3n) is 4.84. The molecule has 2 rings (SSSR count). The molecule has 0 unspecified atom stereocenters. The standard InChI is InChI=1S/C22H27BN2O4/c1-5-21(26)25(19-9-7-6-8-10-19)17(4)22(27)24-20(23(28)29)14-18-12-11-15(2)13-16(18)3/h5-13,17,20,28-29H,1,14H2,2-4H3,(H,24,27)/t17-,20+/m1/s1. The van der Waals surface area contributed by atoms with Crippen molar-refractivity contribution in [2.45, 2.75) is 39.2 Å². The summed E-state index contributed by atoms with van der Waals surface area (Å²) in [5, 5.41) is 22.3. The van der Waals surface area contributed by atoms with Crippen molar-refractivity contribution < 1.29 is 19.6 Å². The van der Waals surface area contributed by atoms with E-state index in [1.54, 1.807) is 31.2 Å². The number of anilines is 1. The van der Waals surface area contributed by atoms with Gasteiger partial charge in [0.15, 0.2) is 0 Å². The highest BCUT2D eigenvalue weighted by atomic mass is 16.4. The Balaban J connectivity index is 2.20. The minimum absolute atomic E-state index is 0.253. The Hall–Kier alpha value is -2.90. The number of nitrogens with zero attached hydrogens (tertiary/aromatic N) is 1. The Bertz CT molecular complexity index is 870. The normalized spacial score (nSPS) is 12.6. The third-order valence-corrected chi connectivity index (χ3v) is 4.84. The van der Waals surface area contributed by atoms with Gasteiger partial charge in [-0.15, -0.1) is 0 Å². The largest absolute Gasteiger partial charge is 0.475 e. The van der Waals surface area contributed by atoms with E-state index >= 15 is 0 Å². The van der Waals surface area contributed by atoms with E-state index in [0.717, 1.165) is 22.8 Å². The van der Waals surface area contributed by atoms with Crippen molar-refractivity contribution in [2.75, 3.05) is 4.90 Å². The van der Waals surface area contributed by atoms with Crippen LogP contribution >= 0.6 is 0 Å². The van der Waals surface area contributed by atoms with Gasteiger partial charge in [-0.2, -0.15) is 0 Å². The molecule has 152 valence electrons. The molecule has 0 aliphatic carbocycles. The highest BCUT2D eigenvalue weighted by Crippen LogP contribution is 2.18. The Morgan fingerprint density at radius 3 is 2.38 bits per heavy atom. The molecule has 0 radical (unpaired) electrons. The van der Waals surface area contributed by atoms with Crippen molar-refractivity contribution in [3.8, 4) is 0 Å². The predicted octanol–water partition coefficient (Wildman–Crippen LogP) is 1.95. The van der Waals surface area contributed by atoms with Gasteiger partial charge in [-0.3, -0.25) is 14.5 Å². The number of benzene rings is 2. The van der Waals surface area contributed by atoms with Crippen LogP contribution in [0.2, 0.25) is 0 Å². The quantitative estimate of drug-likeness (QED) is 0.472. The van der Waals surface area contributed by atoms with E-state index in [1.165, 1.54) is 4.90 Å². The first kappa shape index (κ1) is 22.4. The van der Waals surface area contributed by atoms with Crippen LogP contribution in [0.25, 0.3) is 0 Å². The van der Waals surface area contributed by atoms with Gasteiger partial charge >= 0.3 is 7.12 Å². The fraction of sp³-hybridized carbons (Fsp3) is 0.273. The minimum atomic E-state index is -1.74. The van der Waals surface area contributed by atoms with Crippen LogP contribution in [0.1, 0.15) is 23.6 Å². The summed E-state index contributed by atoms with van der Waals surface area (Å²) in [6, 6.07) is 13.8. The van der Waals surface area contributed by atoms with E-state index in [2.05, 4.69) is 11.9 Å². The molecule has 0 heterocycles. The van der Waals surface area contributed by atoms with E-state index in [4.69, 9.17) is 0 Å². The lowest BCUT2D eigenvalue weighted by molar-refractivity contribution is -0.125. The van der Waals surface area contributed by atoms with Crippen molar-refractivity contribution >= 4 is 24.6 Å². The molecular weight excluding hydrogens is 367 g/mol. The van der Waals surface area contributed by atoms with Crippen LogP contribution < -0.4 is 10.2 Å². The second-order valence-corrected chi connectivity index (χ2v) is 7.09. The molecule has 0 saturated heterocycles. The predicted molar refractivity (Wildman–Crippen MR) is 115 cm³/mol. The summed E-state index contributed by atoms with van der Waals surface area (Å²) in [6.45, 7) is 9.01. The van der Waals surface area contributed by atoms with Crippen LogP contribution in [0.3, 0.4) is 0 Å². The van der Waals surface area contributed by atoms with Gasteiger partial charge in [-0.25, -0.2) is 0 Å². The molecule has 29 heavy (non-hydrogen) atoms. The fourth-order valence-electron chi connectivity index (χ4n) is 3.19. The third kappa shape index (κ3) is 5.79. The maximum absolute atomic E-state index is 12.9. The first-order valence-corrected chi connectivity index (χ1v) is 9.48. The second-order valence-electron chi connectivity index (χ2n) is 7.09. The van der Waals surface area contributed by atoms with E-state index in [0.29, 0.717) is 5.69 Å². The van der Waals surface area contributed by atoms with Gasteiger partial charge in [-0.05, 0) is 56.5 Å². The highest BCUT2D eigenvalue weighted by Gasteiger charge is 2.31. The van der Waals surface area contributed by atoms with Gasteiger partial charge in [0, 0.05) is 5.69 Å². The molecule has 0 spiro atoms. The number of carbonyl (C=O) groups excluding carboxylic acids is 2. The number of hydrogen-bond acceptors (Lipinski definition) is 4. The Kier molecular flexibility index (Phi) is 7.76. The monoisotopic (exact) mass is 394 g/mol. The number of aryl methyl sites for hydroxylation is 2. The maximum atomic E-state index is 12.9. The minimum Gasteiger partial charge on any atom is -0.426 e. The van der Waals surface area contributed by atoms with E-state index in [9.17, 15) is 19.6 Å². The van der Waals surface area contributed by atoms with Gasteiger partial charge in [-0.1, -0.05) is 48.5 Å². The van der Waals surface area contributed by atoms with Crippen molar-refractivity contribution in [3.05, 3.63) is 77.9 Å². The first-order chi connectivity index (χ1) is 13.7. The number of carbonyl (C=O) groups is 2. The van der Waals surface area contributed by atoms with Crippen LogP contribution in [0, 0.1) is 13.8 Å². The fourth-order valence-corrected chi connectivity index (χ4v) is 3.19. The molecule has 2 amide bonds. The van der Waals surface area contributed by atoms with Crippen LogP contribution in [-0.4, -0.2) is 41.0 Å². The number of rotatable bonds is 8. The molecule has 0 aromatic heterocycles. The molecule has 0 bridgehead atoms. The van der Waals surface area contributed by atoms with E-state index in [-0.39, 0.29) is 6.42 Å². The van der Waals surface area contributed by atoms with Gasteiger partial charge in [0.05, 0.1) is 5.94 Å². The molecule has 2 aromatic carbocycles. The number of hydrogen-bond donors (Lipinski definition) is 3. The van der Waals surface area contributed by atoms with Gasteiger partial charge in [0.25, 0.3) is 5.91 Å². The Labute approximate surface area is 172 Å². The molecule has 0 aliphatic rings. The SMILES string of the molecule is C=CC(=O)N(c1ccccc1)[C@H](C)C(=O)N[C@@H](Cc1ccc(C)cc1C)B(O)O. The molecule has 0 saturated carbocycles. The van der Waals surface area contributed by atoms with Gasteiger partial charge < -0.3 is 15.4 Å². The summed E-state index contributed by atoms with van der Waals surface area (Å²) in [5.74, 6) is -1.83. The zero-order valence-corrected chi connectivity index (χ0v) is 17.0. The lowest BCUT2D eigenvalue weighted by Crippen LogP contribution is -2.55. The Morgan fingerprint density at radius 2 is 1.83 bits per heavy atom. The summed E-state index contributed by atoms with van der Waals surface area (Å²) in [4.78, 5) is 26.6. The van der Waals surface area contributed by atoms with E-state index in [1.807, 2.05) is 38.1 Å². The molecule has 6 nitrogen and oxygen atoms in total. The summed E-state index contributed by atoms with van der Waals surface area (Å²) in [7, 11) is -1.74. The average Bonchev–Trinajstić information content (AvgIpc) is 2.69. The zero-order chi connectivity index (χ0) is 21.6. The average molecular weight is 394 g/mol. The maximum Gasteiger partial charge on any atom is 0.475 e. The molecular formula is C22H27BN2O4. The molecule has 7 heteroatoms. The molecule has 3 N–H and O–H groups in total. The van der Waals surface area contributed by atoms with Gasteiger partial charge in [0.1, 0.15) is 6.04 Å². The second kappa shape index (κ2) is 10.0.